The van der Waals surface area contributed by atoms with Gasteiger partial charge < -0.3 is 14.0 Å². The molecule has 2 aliphatic heterocycles. The number of benzene rings is 2. The molecular weight excluding hydrogens is 785 g/mol. The van der Waals surface area contributed by atoms with Gasteiger partial charge >= 0.3 is 0 Å². The van der Waals surface area contributed by atoms with Gasteiger partial charge in [0.1, 0.15) is 40.1 Å². The van der Waals surface area contributed by atoms with E-state index in [0.717, 1.165) is 47.6 Å². The molecule has 0 N–H and O–H groups in total. The largest absolute Gasteiger partial charge is 0.491 e. The van der Waals surface area contributed by atoms with Gasteiger partial charge in [0, 0.05) is 15.1 Å². The first-order valence-electron chi connectivity index (χ1n) is 9.90. The summed E-state index contributed by atoms with van der Waals surface area (Å²) in [5.74, 6) is 2.96. The van der Waals surface area contributed by atoms with Crippen molar-refractivity contribution in [1.29, 1.82) is 0 Å². The predicted molar refractivity (Wildman–Crippen MR) is 147 cm³/mol. The van der Waals surface area contributed by atoms with E-state index in [1.54, 1.807) is 4.57 Å². The molecule has 0 saturated heterocycles. The highest BCUT2D eigenvalue weighted by atomic mass is 127. The summed E-state index contributed by atoms with van der Waals surface area (Å²) in [6.45, 7) is 2.45. The fourth-order valence-corrected chi connectivity index (χ4v) is 5.45. The van der Waals surface area contributed by atoms with Gasteiger partial charge in [0.25, 0.3) is 0 Å². The van der Waals surface area contributed by atoms with Crippen LogP contribution in [0.4, 0.5) is 4.39 Å². The fraction of sp³-hybridized carbons (Fsp3) is 0.182. The van der Waals surface area contributed by atoms with E-state index >= 15 is 0 Å². The number of aromatic nitrogens is 4. The number of hydrogen-bond donors (Lipinski definition) is 0. The van der Waals surface area contributed by atoms with Crippen LogP contribution in [0, 0.1) is 13.3 Å². The van der Waals surface area contributed by atoms with E-state index in [4.69, 9.17) is 9.47 Å². The zero-order chi connectivity index (χ0) is 23.1. The summed E-state index contributed by atoms with van der Waals surface area (Å²) in [4.78, 5) is 8.80. The van der Waals surface area contributed by atoms with Gasteiger partial charge in [0.05, 0.1) is 24.2 Å². The number of nitrogens with zero attached hydrogens (tertiary/aromatic N) is 4. The Hall–Kier alpha value is -1.19. The van der Waals surface area contributed by atoms with Crippen LogP contribution in [0.3, 0.4) is 0 Å². The lowest BCUT2D eigenvalue weighted by Gasteiger charge is -2.05. The lowest BCUT2D eigenvalue weighted by Crippen LogP contribution is -2.07. The fourth-order valence-electron chi connectivity index (χ4n) is 3.68. The lowest BCUT2D eigenvalue weighted by molar-refractivity contribution is 0.297. The van der Waals surface area contributed by atoms with Crippen LogP contribution < -0.4 is 9.47 Å². The number of rotatable bonds is 0. The molecule has 2 aliphatic rings. The van der Waals surface area contributed by atoms with E-state index in [2.05, 4.69) is 75.2 Å². The first kappa shape index (κ1) is 23.5. The first-order valence-corrected chi connectivity index (χ1v) is 13.6. The van der Waals surface area contributed by atoms with Crippen LogP contribution in [0.5, 0.6) is 11.5 Å². The average molecular weight is 800 g/mol. The molecule has 2 aromatic carbocycles. The maximum atomic E-state index is 13.8. The van der Waals surface area contributed by atoms with Crippen LogP contribution in [0.2, 0.25) is 0 Å². The van der Waals surface area contributed by atoms with Crippen LogP contribution in [-0.2, 0) is 13.1 Å². The van der Waals surface area contributed by atoms with Crippen LogP contribution >= 0.6 is 77.0 Å². The molecular formula is C22H15Br2FI2N4O2. The summed E-state index contributed by atoms with van der Waals surface area (Å²) in [5, 5.41) is 0. The Morgan fingerprint density at radius 3 is 2.12 bits per heavy atom. The standard InChI is InChI=1S/C11H7BrFIN2O.C11H8BrIN2O/c12-6-1-2-7-8(5-6)17-4-3-16-9(13)10(14)15-11(7)16;12-7-1-2-8-9(5-7)16-4-3-15-6-10(13)14-11(8)15/h1-2,5H,3-4H2;1-2,5-6H,3-4H2. The summed E-state index contributed by atoms with van der Waals surface area (Å²) in [6.07, 6.45) is 2.05. The zero-order valence-corrected chi connectivity index (χ0v) is 24.4. The number of imidazole rings is 2. The van der Waals surface area contributed by atoms with Gasteiger partial charge in [-0.3, -0.25) is 4.57 Å². The van der Waals surface area contributed by atoms with Crippen LogP contribution in [0.15, 0.2) is 51.5 Å². The number of hydrogen-bond acceptors (Lipinski definition) is 4. The molecule has 33 heavy (non-hydrogen) atoms. The van der Waals surface area contributed by atoms with Gasteiger partial charge in [-0.05, 0) is 81.6 Å². The summed E-state index contributed by atoms with van der Waals surface area (Å²) in [6, 6.07) is 11.7. The van der Waals surface area contributed by atoms with Crippen molar-refractivity contribution >= 4 is 77.0 Å². The molecule has 4 aromatic rings. The second-order valence-electron chi connectivity index (χ2n) is 7.23. The van der Waals surface area contributed by atoms with Gasteiger partial charge in [-0.15, -0.1) is 0 Å². The molecule has 0 amide bonds. The van der Waals surface area contributed by atoms with E-state index in [1.807, 2.05) is 59.0 Å². The third-order valence-corrected chi connectivity index (χ3v) is 7.34. The minimum absolute atomic E-state index is 0.292. The highest BCUT2D eigenvalue weighted by Crippen LogP contribution is 2.36. The Balaban J connectivity index is 0.000000139. The average Bonchev–Trinajstić information content (AvgIpc) is 3.14. The number of halogens is 5. The molecule has 0 saturated carbocycles. The monoisotopic (exact) mass is 798 g/mol. The number of ether oxygens (including phenoxy) is 2. The Kier molecular flexibility index (Phi) is 7.00. The molecule has 4 heterocycles. The van der Waals surface area contributed by atoms with Crippen molar-refractivity contribution in [3.63, 3.8) is 0 Å². The maximum Gasteiger partial charge on any atom is 0.227 e. The van der Waals surface area contributed by atoms with Crippen molar-refractivity contribution < 1.29 is 13.9 Å². The van der Waals surface area contributed by atoms with Crippen LogP contribution in [-0.4, -0.2) is 32.3 Å². The van der Waals surface area contributed by atoms with Crippen LogP contribution in [0.1, 0.15) is 0 Å². The zero-order valence-electron chi connectivity index (χ0n) is 16.9. The summed E-state index contributed by atoms with van der Waals surface area (Å²) >= 11 is 11.0. The van der Waals surface area contributed by atoms with E-state index in [1.165, 1.54) is 0 Å². The predicted octanol–water partition coefficient (Wildman–Crippen LogP) is 6.76. The van der Waals surface area contributed by atoms with Crippen molar-refractivity contribution in [2.45, 2.75) is 13.1 Å². The smallest absolute Gasteiger partial charge is 0.227 e. The summed E-state index contributed by atoms with van der Waals surface area (Å²) in [7, 11) is 0. The SMILES string of the molecule is Brc1ccc2c(c1)OCCn1cc(I)nc1-2.Fc1c(I)nc2n1CCOc1cc(Br)ccc1-2. The molecule has 0 radical (unpaired) electrons. The van der Waals surface area contributed by atoms with Crippen molar-refractivity contribution in [2.24, 2.45) is 0 Å². The molecule has 0 aliphatic carbocycles. The van der Waals surface area contributed by atoms with Gasteiger partial charge in [-0.2, -0.15) is 4.39 Å². The Morgan fingerprint density at radius 1 is 0.848 bits per heavy atom. The van der Waals surface area contributed by atoms with Crippen molar-refractivity contribution in [1.82, 2.24) is 19.1 Å². The molecule has 0 spiro atoms. The Labute approximate surface area is 233 Å². The van der Waals surface area contributed by atoms with Gasteiger partial charge in [-0.1, -0.05) is 31.9 Å². The minimum Gasteiger partial charge on any atom is -0.491 e. The molecule has 0 atom stereocenters. The summed E-state index contributed by atoms with van der Waals surface area (Å²) in [5.41, 5.74) is 1.89. The Bertz CT molecular complexity index is 1360. The van der Waals surface area contributed by atoms with E-state index in [0.29, 0.717) is 29.3 Å². The summed E-state index contributed by atoms with van der Waals surface area (Å²) < 4.78 is 32.2. The molecule has 6 rings (SSSR count). The van der Waals surface area contributed by atoms with Crippen molar-refractivity contribution in [2.75, 3.05) is 13.2 Å². The maximum absolute atomic E-state index is 13.8. The first-order chi connectivity index (χ1) is 15.9. The van der Waals surface area contributed by atoms with Crippen LogP contribution in [0.25, 0.3) is 22.8 Å². The van der Waals surface area contributed by atoms with E-state index < -0.39 is 0 Å². The molecule has 2 aromatic heterocycles. The highest BCUT2D eigenvalue weighted by molar-refractivity contribution is 14.1. The Morgan fingerprint density at radius 2 is 1.45 bits per heavy atom. The molecule has 6 nitrogen and oxygen atoms in total. The van der Waals surface area contributed by atoms with Gasteiger partial charge in [-0.25, -0.2) is 9.97 Å². The third-order valence-electron chi connectivity index (χ3n) is 5.15. The molecule has 170 valence electrons. The topological polar surface area (TPSA) is 54.1 Å². The molecule has 0 fully saturated rings. The van der Waals surface area contributed by atoms with Crippen molar-refractivity contribution in [3.8, 4) is 34.3 Å². The van der Waals surface area contributed by atoms with Gasteiger partial charge in [0.2, 0.25) is 5.95 Å². The van der Waals surface area contributed by atoms with E-state index in [-0.39, 0.29) is 5.95 Å². The normalized spacial score (nSPS) is 13.6. The molecule has 0 bridgehead atoms. The number of fused-ring (bicyclic) bond motifs is 6. The minimum atomic E-state index is -0.292. The molecule has 11 heteroatoms. The second kappa shape index (κ2) is 9.82. The lowest BCUT2D eigenvalue weighted by atomic mass is 10.2. The second-order valence-corrected chi connectivity index (χ2v) is 11.2. The third kappa shape index (κ3) is 4.82. The quantitative estimate of drug-likeness (QED) is 0.185. The van der Waals surface area contributed by atoms with E-state index in [9.17, 15) is 4.39 Å². The van der Waals surface area contributed by atoms with Gasteiger partial charge in [0.15, 0.2) is 3.70 Å². The van der Waals surface area contributed by atoms with Crippen molar-refractivity contribution in [3.05, 3.63) is 64.9 Å². The highest BCUT2D eigenvalue weighted by Gasteiger charge is 2.22. The molecule has 0 unspecified atom stereocenters.